The van der Waals surface area contributed by atoms with Gasteiger partial charge in [0.1, 0.15) is 0 Å². The Labute approximate surface area is 152 Å². The monoisotopic (exact) mass is 372 g/mol. The molecule has 0 saturated carbocycles. The Kier molecular flexibility index (Phi) is 8.82. The lowest BCUT2D eigenvalue weighted by Crippen LogP contribution is -2.37. The van der Waals surface area contributed by atoms with Crippen LogP contribution in [0.1, 0.15) is 12.0 Å². The molecule has 7 heteroatoms. The number of nitrogens with zero attached hydrogens (tertiary/aromatic N) is 2. The van der Waals surface area contributed by atoms with Gasteiger partial charge in [0.15, 0.2) is 0 Å². The van der Waals surface area contributed by atoms with Gasteiger partial charge in [0.25, 0.3) is 0 Å². The third kappa shape index (κ3) is 7.34. The van der Waals surface area contributed by atoms with Crippen LogP contribution in [0.15, 0.2) is 24.3 Å². The first-order chi connectivity index (χ1) is 11.3. The number of rotatable bonds is 8. The molecule has 0 radical (unpaired) electrons. The zero-order valence-corrected chi connectivity index (χ0v) is 15.6. The molecular weight excluding hydrogens is 351 g/mol. The smallest absolute Gasteiger partial charge is 0.307 e. The van der Waals surface area contributed by atoms with E-state index in [1.54, 1.807) is 29.2 Å². The van der Waals surface area contributed by atoms with Crippen molar-refractivity contribution in [3.63, 3.8) is 0 Å². The third-order valence-electron chi connectivity index (χ3n) is 3.31. The van der Waals surface area contributed by atoms with Crippen LogP contribution in [0.3, 0.4) is 0 Å². The van der Waals surface area contributed by atoms with E-state index in [9.17, 15) is 9.59 Å². The molecule has 1 aromatic carbocycles. The first kappa shape index (κ1) is 20.5. The molecule has 1 amide bonds. The summed E-state index contributed by atoms with van der Waals surface area (Å²) >= 11 is 11.9. The fourth-order valence-electron chi connectivity index (χ4n) is 1.88. The number of benzene rings is 1. The van der Waals surface area contributed by atoms with Crippen molar-refractivity contribution in [1.82, 2.24) is 9.80 Å². The molecule has 24 heavy (non-hydrogen) atoms. The van der Waals surface area contributed by atoms with E-state index in [-0.39, 0.29) is 18.3 Å². The standard InChI is InChI=1S/C17H22Cl2N2O3/c1-20(2)10-11-21(9-8-17(23)24-3)16(22)7-5-13-4-6-14(18)12-15(13)19/h4-7,12H,8-11H2,1-3H3/b7-5+. The third-order valence-corrected chi connectivity index (χ3v) is 3.87. The van der Waals surface area contributed by atoms with Gasteiger partial charge in [-0.05, 0) is 37.9 Å². The summed E-state index contributed by atoms with van der Waals surface area (Å²) in [4.78, 5) is 27.3. The molecular formula is C17H22Cl2N2O3. The maximum Gasteiger partial charge on any atom is 0.307 e. The second kappa shape index (κ2) is 10.3. The highest BCUT2D eigenvalue weighted by molar-refractivity contribution is 6.35. The lowest BCUT2D eigenvalue weighted by Gasteiger charge is -2.22. The summed E-state index contributed by atoms with van der Waals surface area (Å²) in [6.45, 7) is 1.52. The summed E-state index contributed by atoms with van der Waals surface area (Å²) in [5.74, 6) is -0.533. The average Bonchev–Trinajstić information content (AvgIpc) is 2.53. The molecule has 0 aromatic heterocycles. The Morgan fingerprint density at radius 3 is 2.46 bits per heavy atom. The Balaban J connectivity index is 2.77. The van der Waals surface area contributed by atoms with E-state index < -0.39 is 0 Å². The molecule has 0 bridgehead atoms. The number of methoxy groups -OCH3 is 1. The van der Waals surface area contributed by atoms with Gasteiger partial charge in [-0.1, -0.05) is 29.3 Å². The molecule has 0 heterocycles. The summed E-state index contributed by atoms with van der Waals surface area (Å²) in [6, 6.07) is 5.07. The summed E-state index contributed by atoms with van der Waals surface area (Å²) in [6.07, 6.45) is 3.25. The molecule has 1 rings (SSSR count). The molecule has 0 atom stereocenters. The van der Waals surface area contributed by atoms with Crippen molar-refractivity contribution in [1.29, 1.82) is 0 Å². The minimum Gasteiger partial charge on any atom is -0.469 e. The highest BCUT2D eigenvalue weighted by Gasteiger charge is 2.13. The van der Waals surface area contributed by atoms with Crippen LogP contribution >= 0.6 is 23.2 Å². The lowest BCUT2D eigenvalue weighted by molar-refractivity contribution is -0.141. The minimum atomic E-state index is -0.345. The van der Waals surface area contributed by atoms with E-state index >= 15 is 0 Å². The number of halogens is 2. The van der Waals surface area contributed by atoms with Crippen molar-refractivity contribution in [2.45, 2.75) is 6.42 Å². The predicted octanol–water partition coefficient (Wildman–Crippen LogP) is 2.96. The van der Waals surface area contributed by atoms with Crippen molar-refractivity contribution in [3.8, 4) is 0 Å². The molecule has 0 N–H and O–H groups in total. The molecule has 1 aromatic rings. The van der Waals surface area contributed by atoms with Crippen LogP contribution in [0.2, 0.25) is 10.0 Å². The predicted molar refractivity (Wildman–Crippen MR) is 97.3 cm³/mol. The van der Waals surface area contributed by atoms with Crippen molar-refractivity contribution in [2.75, 3.05) is 40.8 Å². The van der Waals surface area contributed by atoms with Gasteiger partial charge in [0.2, 0.25) is 5.91 Å². The summed E-state index contributed by atoms with van der Waals surface area (Å²) in [5.41, 5.74) is 0.704. The van der Waals surface area contributed by atoms with Gasteiger partial charge in [-0.3, -0.25) is 9.59 Å². The molecule has 132 valence electrons. The Morgan fingerprint density at radius 1 is 1.17 bits per heavy atom. The van der Waals surface area contributed by atoms with Crippen LogP contribution in [0, 0.1) is 0 Å². The Bertz CT molecular complexity index is 603. The van der Waals surface area contributed by atoms with Crippen molar-refractivity contribution < 1.29 is 14.3 Å². The normalized spacial score (nSPS) is 11.1. The van der Waals surface area contributed by atoms with Crippen LogP contribution in [0.25, 0.3) is 6.08 Å². The quantitative estimate of drug-likeness (QED) is 0.519. The summed E-state index contributed by atoms with van der Waals surface area (Å²) < 4.78 is 4.63. The van der Waals surface area contributed by atoms with Crippen molar-refractivity contribution in [2.24, 2.45) is 0 Å². The van der Waals surface area contributed by atoms with Gasteiger partial charge in [-0.15, -0.1) is 0 Å². The fraction of sp³-hybridized carbons (Fsp3) is 0.412. The van der Waals surface area contributed by atoms with Crippen LogP contribution < -0.4 is 0 Å². The molecule has 0 aliphatic rings. The highest BCUT2D eigenvalue weighted by atomic mass is 35.5. The van der Waals surface area contributed by atoms with Crippen LogP contribution in [0.4, 0.5) is 0 Å². The number of hydrogen-bond donors (Lipinski definition) is 0. The van der Waals surface area contributed by atoms with E-state index in [2.05, 4.69) is 4.74 Å². The molecule has 0 saturated heterocycles. The molecule has 0 spiro atoms. The molecule has 5 nitrogen and oxygen atoms in total. The van der Waals surface area contributed by atoms with E-state index in [4.69, 9.17) is 23.2 Å². The van der Waals surface area contributed by atoms with Gasteiger partial charge in [-0.2, -0.15) is 0 Å². The number of likely N-dealkylation sites (N-methyl/N-ethyl adjacent to an activating group) is 1. The first-order valence-electron chi connectivity index (χ1n) is 7.47. The first-order valence-corrected chi connectivity index (χ1v) is 8.22. The summed E-state index contributed by atoms with van der Waals surface area (Å²) in [7, 11) is 5.18. The largest absolute Gasteiger partial charge is 0.469 e. The molecule has 0 fully saturated rings. The SMILES string of the molecule is COC(=O)CCN(CCN(C)C)C(=O)/C=C/c1ccc(Cl)cc1Cl. The number of ether oxygens (including phenoxy) is 1. The van der Waals surface area contributed by atoms with Crippen LogP contribution in [0.5, 0.6) is 0 Å². The number of amides is 1. The van der Waals surface area contributed by atoms with Gasteiger partial charge in [-0.25, -0.2) is 0 Å². The number of carbonyl (C=O) groups is 2. The molecule has 0 unspecified atom stereocenters. The topological polar surface area (TPSA) is 49.9 Å². The van der Waals surface area contributed by atoms with E-state index in [1.165, 1.54) is 13.2 Å². The Morgan fingerprint density at radius 2 is 1.88 bits per heavy atom. The maximum absolute atomic E-state index is 12.4. The molecule has 0 aliphatic carbocycles. The van der Waals surface area contributed by atoms with Gasteiger partial charge < -0.3 is 14.5 Å². The Hall–Kier alpha value is -1.56. The second-order valence-electron chi connectivity index (χ2n) is 5.45. The second-order valence-corrected chi connectivity index (χ2v) is 6.30. The van der Waals surface area contributed by atoms with Crippen LogP contribution in [-0.2, 0) is 14.3 Å². The number of carbonyl (C=O) groups excluding carboxylic acids is 2. The summed E-state index contributed by atoms with van der Waals surface area (Å²) in [5, 5.41) is 1.01. The number of hydrogen-bond acceptors (Lipinski definition) is 4. The zero-order valence-electron chi connectivity index (χ0n) is 14.1. The van der Waals surface area contributed by atoms with Gasteiger partial charge >= 0.3 is 5.97 Å². The van der Waals surface area contributed by atoms with E-state index in [1.807, 2.05) is 19.0 Å². The van der Waals surface area contributed by atoms with Gasteiger partial charge in [0.05, 0.1) is 13.5 Å². The van der Waals surface area contributed by atoms with Gasteiger partial charge in [0, 0.05) is 35.8 Å². The number of esters is 1. The van der Waals surface area contributed by atoms with Crippen LogP contribution in [-0.4, -0.2) is 62.5 Å². The van der Waals surface area contributed by atoms with Crippen molar-refractivity contribution in [3.05, 3.63) is 39.9 Å². The minimum absolute atomic E-state index is 0.158. The highest BCUT2D eigenvalue weighted by Crippen LogP contribution is 2.22. The van der Waals surface area contributed by atoms with E-state index in [0.29, 0.717) is 35.2 Å². The fourth-order valence-corrected chi connectivity index (χ4v) is 2.36. The maximum atomic E-state index is 12.4. The lowest BCUT2D eigenvalue weighted by atomic mass is 10.2. The van der Waals surface area contributed by atoms with Crippen molar-refractivity contribution >= 4 is 41.2 Å². The van der Waals surface area contributed by atoms with E-state index in [0.717, 1.165) is 0 Å². The average molecular weight is 373 g/mol. The zero-order chi connectivity index (χ0) is 18.1. The molecule has 0 aliphatic heterocycles.